The summed E-state index contributed by atoms with van der Waals surface area (Å²) in [5.74, 6) is -0.461. The first-order valence-electron chi connectivity index (χ1n) is 5.56. The lowest BCUT2D eigenvalue weighted by atomic mass is 10.2. The molecule has 1 N–H and O–H groups in total. The fourth-order valence-electron chi connectivity index (χ4n) is 0.790. The van der Waals surface area contributed by atoms with Gasteiger partial charge >= 0.3 is 0 Å². The van der Waals surface area contributed by atoms with E-state index in [1.54, 1.807) is 12.2 Å². The van der Waals surface area contributed by atoms with Crippen molar-refractivity contribution in [3.05, 3.63) is 60.5 Å². The molecule has 0 unspecified atom stereocenters. The van der Waals surface area contributed by atoms with E-state index in [1.165, 1.54) is 6.92 Å². The van der Waals surface area contributed by atoms with Crippen LogP contribution in [0.2, 0.25) is 0 Å². The van der Waals surface area contributed by atoms with Crippen LogP contribution in [0.3, 0.4) is 0 Å². The Balaban J connectivity index is -0.000000271. The average Bonchev–Trinajstić information content (AvgIpc) is 2.39. The number of halogens is 2. The maximum atomic E-state index is 11.3. The molecule has 0 saturated carbocycles. The minimum absolute atomic E-state index is 0.0754. The van der Waals surface area contributed by atoms with Crippen molar-refractivity contribution in [3.63, 3.8) is 0 Å². The Hall–Kier alpha value is -1.92. The van der Waals surface area contributed by atoms with E-state index in [4.69, 9.17) is 5.11 Å². The molecule has 0 bridgehead atoms. The quantitative estimate of drug-likeness (QED) is 0.582. The maximum absolute atomic E-state index is 11.3. The molecular weight excluding hydrogens is 246 g/mol. The summed E-state index contributed by atoms with van der Waals surface area (Å²) in [6.45, 7) is 6.11. The fourth-order valence-corrected chi connectivity index (χ4v) is 0.790. The number of rotatable bonds is 5. The molecule has 3 heteroatoms. The summed E-state index contributed by atoms with van der Waals surface area (Å²) in [6, 6.07) is 0. The lowest BCUT2D eigenvalue weighted by molar-refractivity contribution is 0.342. The molecule has 106 valence electrons. The molecule has 0 aromatic carbocycles. The highest BCUT2D eigenvalue weighted by molar-refractivity contribution is 5.33. The molecular formula is C16H22F2O. The molecule has 0 aromatic rings. The van der Waals surface area contributed by atoms with Crippen LogP contribution in [0, 0.1) is 12.8 Å². The number of terminal acetylenes is 1. The van der Waals surface area contributed by atoms with Crippen LogP contribution in [0.25, 0.3) is 0 Å². The normalized spacial score (nSPS) is 11.5. The van der Waals surface area contributed by atoms with Crippen LogP contribution in [-0.4, -0.2) is 18.4 Å². The largest absolute Gasteiger partial charge is 0.392 e. The Kier molecular flexibility index (Phi) is 25.1. The van der Waals surface area contributed by atoms with E-state index in [0.717, 1.165) is 11.6 Å². The second kappa shape index (κ2) is 21.4. The van der Waals surface area contributed by atoms with Gasteiger partial charge in [-0.3, -0.25) is 0 Å². The van der Waals surface area contributed by atoms with Crippen molar-refractivity contribution in [2.75, 3.05) is 13.3 Å². The molecule has 0 aromatic heterocycles. The topological polar surface area (TPSA) is 20.2 Å². The first-order chi connectivity index (χ1) is 9.12. The van der Waals surface area contributed by atoms with Crippen LogP contribution in [0.15, 0.2) is 60.5 Å². The van der Waals surface area contributed by atoms with Crippen molar-refractivity contribution in [2.24, 2.45) is 0 Å². The SMILES string of the molecule is C#C.C/C(F)=C\CF.C=C/C=C(\C=C/CO)/C=C/C. The Morgan fingerprint density at radius 1 is 1.32 bits per heavy atom. The van der Waals surface area contributed by atoms with Gasteiger partial charge in [0.1, 0.15) is 6.67 Å². The molecule has 0 amide bonds. The van der Waals surface area contributed by atoms with Crippen LogP contribution >= 0.6 is 0 Å². The van der Waals surface area contributed by atoms with Gasteiger partial charge in [-0.1, -0.05) is 43.0 Å². The lowest BCUT2D eigenvalue weighted by Crippen LogP contribution is -1.74. The maximum Gasteiger partial charge on any atom is 0.110 e. The van der Waals surface area contributed by atoms with Gasteiger partial charge in [0, 0.05) is 0 Å². The molecule has 0 fully saturated rings. The van der Waals surface area contributed by atoms with Gasteiger partial charge in [-0.25, -0.2) is 8.78 Å². The van der Waals surface area contributed by atoms with Gasteiger partial charge in [0.25, 0.3) is 0 Å². The second-order valence-electron chi connectivity index (χ2n) is 2.93. The zero-order chi connectivity index (χ0) is 15.5. The number of aliphatic hydroxyl groups excluding tert-OH is 1. The van der Waals surface area contributed by atoms with Gasteiger partial charge in [0.05, 0.1) is 12.4 Å². The highest BCUT2D eigenvalue weighted by Crippen LogP contribution is 1.98. The minimum Gasteiger partial charge on any atom is -0.392 e. The summed E-state index contributed by atoms with van der Waals surface area (Å²) >= 11 is 0. The second-order valence-corrected chi connectivity index (χ2v) is 2.93. The van der Waals surface area contributed by atoms with Crippen LogP contribution in [0.4, 0.5) is 8.78 Å². The summed E-state index contributed by atoms with van der Waals surface area (Å²) in [5.41, 5.74) is 1.04. The van der Waals surface area contributed by atoms with Gasteiger partial charge in [0.15, 0.2) is 0 Å². The summed E-state index contributed by atoms with van der Waals surface area (Å²) in [4.78, 5) is 0. The van der Waals surface area contributed by atoms with Crippen LogP contribution in [0.1, 0.15) is 13.8 Å². The minimum atomic E-state index is -0.706. The predicted octanol–water partition coefficient (Wildman–Crippen LogP) is 4.30. The molecule has 0 atom stereocenters. The molecule has 0 heterocycles. The van der Waals surface area contributed by atoms with Gasteiger partial charge < -0.3 is 5.11 Å². The molecule has 0 spiro atoms. The van der Waals surface area contributed by atoms with Crippen LogP contribution < -0.4 is 0 Å². The average molecular weight is 268 g/mol. The summed E-state index contributed by atoms with van der Waals surface area (Å²) in [5, 5.41) is 8.49. The number of allylic oxidation sites excluding steroid dienone is 8. The summed E-state index contributed by atoms with van der Waals surface area (Å²) in [7, 11) is 0. The van der Waals surface area contributed by atoms with Gasteiger partial charge in [-0.05, 0) is 25.5 Å². The van der Waals surface area contributed by atoms with Crippen molar-refractivity contribution in [2.45, 2.75) is 13.8 Å². The third kappa shape index (κ3) is 26.0. The summed E-state index contributed by atoms with van der Waals surface area (Å²) < 4.78 is 22.3. The Morgan fingerprint density at radius 2 is 1.89 bits per heavy atom. The van der Waals surface area contributed by atoms with E-state index in [0.29, 0.717) is 0 Å². The smallest absolute Gasteiger partial charge is 0.110 e. The zero-order valence-corrected chi connectivity index (χ0v) is 11.5. The van der Waals surface area contributed by atoms with E-state index in [1.807, 2.05) is 31.2 Å². The highest BCUT2D eigenvalue weighted by atomic mass is 19.1. The molecule has 1 nitrogen and oxygen atoms in total. The van der Waals surface area contributed by atoms with Gasteiger partial charge in [0.2, 0.25) is 0 Å². The van der Waals surface area contributed by atoms with Gasteiger partial charge in [-0.15, -0.1) is 12.8 Å². The van der Waals surface area contributed by atoms with E-state index in [-0.39, 0.29) is 6.61 Å². The van der Waals surface area contributed by atoms with Crippen molar-refractivity contribution in [3.8, 4) is 12.8 Å². The number of hydrogen-bond donors (Lipinski definition) is 1. The molecule has 0 saturated heterocycles. The molecule has 0 rings (SSSR count). The van der Waals surface area contributed by atoms with E-state index in [9.17, 15) is 8.78 Å². The Bertz CT molecular complexity index is 330. The number of aliphatic hydroxyl groups is 1. The van der Waals surface area contributed by atoms with Crippen LogP contribution in [0.5, 0.6) is 0 Å². The van der Waals surface area contributed by atoms with E-state index >= 15 is 0 Å². The predicted molar refractivity (Wildman–Crippen MR) is 80.0 cm³/mol. The molecule has 0 aliphatic rings. The lowest BCUT2D eigenvalue weighted by Gasteiger charge is -1.89. The zero-order valence-electron chi connectivity index (χ0n) is 11.5. The molecule has 0 aliphatic carbocycles. The van der Waals surface area contributed by atoms with E-state index in [2.05, 4.69) is 19.4 Å². The fraction of sp³-hybridized carbons (Fsp3) is 0.250. The third-order valence-electron chi connectivity index (χ3n) is 1.44. The third-order valence-corrected chi connectivity index (χ3v) is 1.44. The Morgan fingerprint density at radius 3 is 2.16 bits per heavy atom. The highest BCUT2D eigenvalue weighted by Gasteiger charge is 1.80. The van der Waals surface area contributed by atoms with Crippen LogP contribution in [-0.2, 0) is 0 Å². The first kappa shape index (κ1) is 22.3. The van der Waals surface area contributed by atoms with Crippen molar-refractivity contribution in [1.29, 1.82) is 0 Å². The molecule has 0 aliphatic heterocycles. The molecule has 0 radical (unpaired) electrons. The number of hydrogen-bond acceptors (Lipinski definition) is 1. The molecule has 19 heavy (non-hydrogen) atoms. The first-order valence-corrected chi connectivity index (χ1v) is 5.56. The van der Waals surface area contributed by atoms with Crippen molar-refractivity contribution in [1.82, 2.24) is 0 Å². The van der Waals surface area contributed by atoms with Gasteiger partial charge in [-0.2, -0.15) is 0 Å². The monoisotopic (exact) mass is 268 g/mol. The Labute approximate surface area is 115 Å². The summed E-state index contributed by atoms with van der Waals surface area (Å²) in [6.07, 6.45) is 19.9. The van der Waals surface area contributed by atoms with Crippen molar-refractivity contribution >= 4 is 0 Å². The number of alkyl halides is 1. The van der Waals surface area contributed by atoms with Crippen molar-refractivity contribution < 1.29 is 13.9 Å². The van der Waals surface area contributed by atoms with E-state index < -0.39 is 12.5 Å². The standard InChI is InChI=1S/C10H14O.C4H6F2.C2H2/c1-3-6-10(7-4-2)8-5-9-11;1-4(6)2-3-5;1-2/h3-8,11H,1,9H2,2H3;2H,3H2,1H3;1-2H/b7-4+,8-5-,10-6-;4-2+;.